The monoisotopic (exact) mass is 312 g/mol. The van der Waals surface area contributed by atoms with E-state index >= 15 is 0 Å². The number of thiocarbonyl (C=S) groups is 1. The molecule has 2 N–H and O–H groups in total. The lowest BCUT2D eigenvalue weighted by Crippen LogP contribution is -2.45. The average Bonchev–Trinajstić information content (AvgIpc) is 3.20. The van der Waals surface area contributed by atoms with E-state index in [-0.39, 0.29) is 0 Å². The van der Waals surface area contributed by atoms with Gasteiger partial charge in [-0.3, -0.25) is 10.4 Å². The standard InChI is InChI=1S/C17H20N4S/c22-17(21-19-10-12-4-1-2-7-18-12)20-16-9-11-8-15(16)14-6-3-5-13(11)14/h1-4,6-7,10-11,13-16H,5,8-9H2,(H2,20,21,22)/b19-10+. The van der Waals surface area contributed by atoms with Crippen molar-refractivity contribution in [3.05, 3.63) is 42.2 Å². The Balaban J connectivity index is 1.30. The van der Waals surface area contributed by atoms with Gasteiger partial charge in [-0.1, -0.05) is 18.2 Å². The van der Waals surface area contributed by atoms with Crippen LogP contribution in [0.5, 0.6) is 0 Å². The van der Waals surface area contributed by atoms with Crippen molar-refractivity contribution in [1.29, 1.82) is 0 Å². The van der Waals surface area contributed by atoms with Gasteiger partial charge in [0, 0.05) is 12.2 Å². The molecule has 5 atom stereocenters. The van der Waals surface area contributed by atoms with Gasteiger partial charge >= 0.3 is 0 Å². The van der Waals surface area contributed by atoms with Crippen molar-refractivity contribution in [1.82, 2.24) is 15.7 Å². The molecule has 22 heavy (non-hydrogen) atoms. The van der Waals surface area contributed by atoms with E-state index in [0.717, 1.165) is 29.4 Å². The van der Waals surface area contributed by atoms with Gasteiger partial charge in [0.1, 0.15) is 0 Å². The number of nitrogens with one attached hydrogen (secondary N) is 2. The van der Waals surface area contributed by atoms with Gasteiger partial charge in [0.05, 0.1) is 11.9 Å². The van der Waals surface area contributed by atoms with Crippen LogP contribution in [-0.4, -0.2) is 22.4 Å². The first-order valence-corrected chi connectivity index (χ1v) is 8.39. The molecule has 0 aliphatic heterocycles. The minimum Gasteiger partial charge on any atom is -0.358 e. The van der Waals surface area contributed by atoms with Crippen molar-refractivity contribution in [2.75, 3.05) is 0 Å². The summed E-state index contributed by atoms with van der Waals surface area (Å²) in [6, 6.07) is 6.23. The Morgan fingerprint density at radius 3 is 3.14 bits per heavy atom. The molecular formula is C17H20N4S. The summed E-state index contributed by atoms with van der Waals surface area (Å²) in [5.74, 6) is 3.30. The molecule has 1 heterocycles. The first kappa shape index (κ1) is 13.9. The molecule has 2 fully saturated rings. The number of allylic oxidation sites excluding steroid dienone is 2. The van der Waals surface area contributed by atoms with E-state index in [4.69, 9.17) is 12.2 Å². The summed E-state index contributed by atoms with van der Waals surface area (Å²) in [4.78, 5) is 4.19. The van der Waals surface area contributed by atoms with E-state index in [1.807, 2.05) is 18.2 Å². The van der Waals surface area contributed by atoms with Crippen LogP contribution in [-0.2, 0) is 0 Å². The molecule has 2 bridgehead atoms. The summed E-state index contributed by atoms with van der Waals surface area (Å²) in [6.07, 6.45) is 12.1. The minimum absolute atomic E-state index is 0.499. The Labute approximate surface area is 136 Å². The molecule has 0 aromatic carbocycles. The molecule has 0 saturated heterocycles. The number of pyridine rings is 1. The Bertz CT molecular complexity index is 612. The zero-order valence-corrected chi connectivity index (χ0v) is 13.2. The lowest BCUT2D eigenvalue weighted by atomic mass is 9.79. The molecule has 5 unspecified atom stereocenters. The molecule has 3 aliphatic rings. The summed E-state index contributed by atoms with van der Waals surface area (Å²) in [7, 11) is 0. The molecule has 2 saturated carbocycles. The molecule has 4 nitrogen and oxygen atoms in total. The van der Waals surface area contributed by atoms with Gasteiger partial charge in [0.15, 0.2) is 5.11 Å². The van der Waals surface area contributed by atoms with E-state index in [0.29, 0.717) is 11.2 Å². The van der Waals surface area contributed by atoms with Crippen LogP contribution < -0.4 is 10.7 Å². The van der Waals surface area contributed by atoms with Crippen LogP contribution in [0.3, 0.4) is 0 Å². The topological polar surface area (TPSA) is 49.3 Å². The van der Waals surface area contributed by atoms with Gasteiger partial charge in [-0.25, -0.2) is 0 Å². The lowest BCUT2D eigenvalue weighted by molar-refractivity contribution is 0.246. The van der Waals surface area contributed by atoms with Gasteiger partial charge in [-0.05, 0) is 67.3 Å². The van der Waals surface area contributed by atoms with E-state index in [1.54, 1.807) is 12.4 Å². The minimum atomic E-state index is 0.499. The SMILES string of the molecule is S=C(N/N=C/c1ccccn1)NC1CC2CC1C1C=CCC21. The molecule has 1 aromatic rings. The van der Waals surface area contributed by atoms with Gasteiger partial charge in [-0.15, -0.1) is 0 Å². The van der Waals surface area contributed by atoms with Crippen molar-refractivity contribution in [2.24, 2.45) is 28.8 Å². The Morgan fingerprint density at radius 2 is 2.27 bits per heavy atom. The number of hydrazone groups is 1. The third kappa shape index (κ3) is 2.54. The molecule has 4 rings (SSSR count). The third-order valence-electron chi connectivity index (χ3n) is 5.38. The number of rotatable bonds is 3. The van der Waals surface area contributed by atoms with E-state index in [2.05, 4.69) is 33.0 Å². The average molecular weight is 312 g/mol. The molecule has 0 radical (unpaired) electrons. The lowest BCUT2D eigenvalue weighted by Gasteiger charge is -2.32. The van der Waals surface area contributed by atoms with Gasteiger partial charge in [0.2, 0.25) is 0 Å². The smallest absolute Gasteiger partial charge is 0.187 e. The highest BCUT2D eigenvalue weighted by atomic mass is 32.1. The maximum Gasteiger partial charge on any atom is 0.187 e. The van der Waals surface area contributed by atoms with E-state index in [1.165, 1.54) is 19.3 Å². The number of hydrogen-bond acceptors (Lipinski definition) is 3. The second-order valence-corrected chi connectivity index (χ2v) is 6.91. The van der Waals surface area contributed by atoms with Crippen LogP contribution in [0.2, 0.25) is 0 Å². The number of hydrogen-bond donors (Lipinski definition) is 2. The van der Waals surface area contributed by atoms with Crippen molar-refractivity contribution in [3.63, 3.8) is 0 Å². The second kappa shape index (κ2) is 5.80. The van der Waals surface area contributed by atoms with Crippen molar-refractivity contribution >= 4 is 23.5 Å². The summed E-state index contributed by atoms with van der Waals surface area (Å²) in [5, 5.41) is 8.23. The van der Waals surface area contributed by atoms with Gasteiger partial charge in [0.25, 0.3) is 0 Å². The zero-order chi connectivity index (χ0) is 14.9. The van der Waals surface area contributed by atoms with Crippen molar-refractivity contribution in [3.8, 4) is 0 Å². The highest BCUT2D eigenvalue weighted by Gasteiger charge is 2.52. The van der Waals surface area contributed by atoms with Crippen molar-refractivity contribution < 1.29 is 0 Å². The third-order valence-corrected chi connectivity index (χ3v) is 5.59. The molecular weight excluding hydrogens is 292 g/mol. The fourth-order valence-electron chi connectivity index (χ4n) is 4.52. The number of nitrogens with zero attached hydrogens (tertiary/aromatic N) is 2. The van der Waals surface area contributed by atoms with Gasteiger partial charge < -0.3 is 5.32 Å². The second-order valence-electron chi connectivity index (χ2n) is 6.50. The highest BCUT2D eigenvalue weighted by molar-refractivity contribution is 7.80. The number of aromatic nitrogens is 1. The fraction of sp³-hybridized carbons (Fsp3) is 0.471. The van der Waals surface area contributed by atoms with Crippen LogP contribution in [0.15, 0.2) is 41.6 Å². The number of fused-ring (bicyclic) bond motifs is 5. The van der Waals surface area contributed by atoms with Crippen molar-refractivity contribution in [2.45, 2.75) is 25.3 Å². The van der Waals surface area contributed by atoms with Crippen LogP contribution in [0.25, 0.3) is 0 Å². The highest BCUT2D eigenvalue weighted by Crippen LogP contribution is 2.56. The first-order chi connectivity index (χ1) is 10.8. The van der Waals surface area contributed by atoms with Gasteiger partial charge in [-0.2, -0.15) is 5.10 Å². The maximum atomic E-state index is 5.37. The molecule has 0 amide bonds. The predicted octanol–water partition coefficient (Wildman–Crippen LogP) is 2.48. The van der Waals surface area contributed by atoms with E-state index in [9.17, 15) is 0 Å². The van der Waals surface area contributed by atoms with Crippen LogP contribution >= 0.6 is 12.2 Å². The quantitative estimate of drug-likeness (QED) is 0.390. The Kier molecular flexibility index (Phi) is 3.66. The van der Waals surface area contributed by atoms with Crippen LogP contribution in [0, 0.1) is 23.7 Å². The summed E-state index contributed by atoms with van der Waals surface area (Å²) >= 11 is 5.37. The van der Waals surface area contributed by atoms with E-state index < -0.39 is 0 Å². The molecule has 1 aromatic heterocycles. The Morgan fingerprint density at radius 1 is 1.32 bits per heavy atom. The molecule has 3 aliphatic carbocycles. The molecule has 5 heteroatoms. The summed E-state index contributed by atoms with van der Waals surface area (Å²) in [5.41, 5.74) is 3.73. The maximum absolute atomic E-state index is 5.37. The predicted molar refractivity (Wildman–Crippen MR) is 91.4 cm³/mol. The van der Waals surface area contributed by atoms with Crippen LogP contribution in [0.1, 0.15) is 25.0 Å². The Hall–Kier alpha value is -1.75. The summed E-state index contributed by atoms with van der Waals surface area (Å²) < 4.78 is 0. The van der Waals surface area contributed by atoms with Crippen LogP contribution in [0.4, 0.5) is 0 Å². The molecule has 0 spiro atoms. The first-order valence-electron chi connectivity index (χ1n) is 7.98. The normalized spacial score (nSPS) is 35.0. The summed E-state index contributed by atoms with van der Waals surface area (Å²) in [6.45, 7) is 0. The zero-order valence-electron chi connectivity index (χ0n) is 12.4. The largest absolute Gasteiger partial charge is 0.358 e. The fourth-order valence-corrected chi connectivity index (χ4v) is 4.73. The molecule has 114 valence electrons.